The van der Waals surface area contributed by atoms with E-state index in [0.29, 0.717) is 18.7 Å². The van der Waals surface area contributed by atoms with Crippen LogP contribution in [0.2, 0.25) is 0 Å². The summed E-state index contributed by atoms with van der Waals surface area (Å²) in [7, 11) is 3.92. The van der Waals surface area contributed by atoms with Crippen LogP contribution in [0.25, 0.3) is 0 Å². The highest BCUT2D eigenvalue weighted by atomic mass is 16.5. The fourth-order valence-corrected chi connectivity index (χ4v) is 2.64. The second kappa shape index (κ2) is 6.10. The Bertz CT molecular complexity index is 682. The molecule has 1 N–H and O–H groups in total. The number of hydrogen-bond donors (Lipinski definition) is 1. The molecule has 1 atom stereocenters. The van der Waals surface area contributed by atoms with Crippen LogP contribution in [0.3, 0.4) is 0 Å². The molecule has 1 heterocycles. The SMILES string of the molecule is CN(C)c1cccc(C(=O)NC[C@H]2COc3ccccc32)c1. The number of fused-ring (bicyclic) bond motifs is 1. The Morgan fingerprint density at radius 3 is 2.86 bits per heavy atom. The number of anilines is 1. The number of nitrogens with one attached hydrogen (secondary N) is 1. The fourth-order valence-electron chi connectivity index (χ4n) is 2.64. The molecule has 22 heavy (non-hydrogen) atoms. The lowest BCUT2D eigenvalue weighted by Gasteiger charge is -2.14. The largest absolute Gasteiger partial charge is 0.493 e. The van der Waals surface area contributed by atoms with E-state index in [1.54, 1.807) is 0 Å². The van der Waals surface area contributed by atoms with Gasteiger partial charge in [0.05, 0.1) is 6.61 Å². The van der Waals surface area contributed by atoms with Crippen molar-refractivity contribution >= 4 is 11.6 Å². The summed E-state index contributed by atoms with van der Waals surface area (Å²) in [5.41, 5.74) is 2.87. The maximum Gasteiger partial charge on any atom is 0.251 e. The minimum absolute atomic E-state index is 0.0481. The molecule has 0 aromatic heterocycles. The van der Waals surface area contributed by atoms with Crippen molar-refractivity contribution in [3.8, 4) is 5.75 Å². The summed E-state index contributed by atoms with van der Waals surface area (Å²) in [6.07, 6.45) is 0. The van der Waals surface area contributed by atoms with E-state index in [4.69, 9.17) is 4.74 Å². The highest BCUT2D eigenvalue weighted by Gasteiger charge is 2.24. The summed E-state index contributed by atoms with van der Waals surface area (Å²) in [6.45, 7) is 1.21. The van der Waals surface area contributed by atoms with Crippen LogP contribution < -0.4 is 15.0 Å². The lowest BCUT2D eigenvalue weighted by Crippen LogP contribution is -2.29. The van der Waals surface area contributed by atoms with Crippen LogP contribution in [0.4, 0.5) is 5.69 Å². The van der Waals surface area contributed by atoms with Crippen molar-refractivity contribution in [1.29, 1.82) is 0 Å². The van der Waals surface area contributed by atoms with Gasteiger partial charge in [0, 0.05) is 43.4 Å². The Labute approximate surface area is 130 Å². The number of carbonyl (C=O) groups is 1. The Hall–Kier alpha value is -2.49. The predicted octanol–water partition coefficient (Wildman–Crippen LogP) is 2.66. The zero-order valence-electron chi connectivity index (χ0n) is 12.9. The van der Waals surface area contributed by atoms with Crippen LogP contribution in [-0.4, -0.2) is 33.2 Å². The molecule has 0 saturated carbocycles. The number of benzene rings is 2. The van der Waals surface area contributed by atoms with Crippen LogP contribution in [0, 0.1) is 0 Å². The quantitative estimate of drug-likeness (QED) is 0.943. The predicted molar refractivity (Wildman–Crippen MR) is 87.8 cm³/mol. The molecule has 2 aromatic rings. The van der Waals surface area contributed by atoms with Gasteiger partial charge in [-0.15, -0.1) is 0 Å². The molecule has 0 aliphatic carbocycles. The third kappa shape index (κ3) is 2.91. The first-order valence-electron chi connectivity index (χ1n) is 7.42. The molecule has 1 aliphatic heterocycles. The van der Waals surface area contributed by atoms with Crippen molar-refractivity contribution in [3.63, 3.8) is 0 Å². The van der Waals surface area contributed by atoms with Gasteiger partial charge < -0.3 is 15.0 Å². The first-order valence-corrected chi connectivity index (χ1v) is 7.42. The zero-order chi connectivity index (χ0) is 15.5. The number of amides is 1. The topological polar surface area (TPSA) is 41.6 Å². The third-order valence-corrected chi connectivity index (χ3v) is 3.93. The van der Waals surface area contributed by atoms with Crippen molar-refractivity contribution < 1.29 is 9.53 Å². The second-order valence-electron chi connectivity index (χ2n) is 5.70. The number of rotatable bonds is 4. The Morgan fingerprint density at radius 1 is 1.23 bits per heavy atom. The van der Waals surface area contributed by atoms with Crippen molar-refractivity contribution in [2.24, 2.45) is 0 Å². The van der Waals surface area contributed by atoms with Crippen LogP contribution in [0.15, 0.2) is 48.5 Å². The van der Waals surface area contributed by atoms with Crippen molar-refractivity contribution in [2.75, 3.05) is 32.1 Å². The van der Waals surface area contributed by atoms with Crippen molar-refractivity contribution in [3.05, 3.63) is 59.7 Å². The molecule has 1 aliphatic rings. The molecule has 0 saturated heterocycles. The molecule has 4 heteroatoms. The molecule has 114 valence electrons. The second-order valence-corrected chi connectivity index (χ2v) is 5.70. The van der Waals surface area contributed by atoms with Gasteiger partial charge in [-0.1, -0.05) is 24.3 Å². The molecule has 2 aromatic carbocycles. The summed E-state index contributed by atoms with van der Waals surface area (Å²) in [5, 5.41) is 3.01. The normalized spacial score (nSPS) is 15.8. The lowest BCUT2D eigenvalue weighted by molar-refractivity contribution is 0.0950. The van der Waals surface area contributed by atoms with Gasteiger partial charge in [-0.3, -0.25) is 4.79 Å². The molecule has 0 radical (unpaired) electrons. The van der Waals surface area contributed by atoms with Gasteiger partial charge in [0.25, 0.3) is 5.91 Å². The maximum absolute atomic E-state index is 12.3. The highest BCUT2D eigenvalue weighted by molar-refractivity contribution is 5.95. The minimum Gasteiger partial charge on any atom is -0.493 e. The lowest BCUT2D eigenvalue weighted by atomic mass is 10.0. The molecule has 0 fully saturated rings. The monoisotopic (exact) mass is 296 g/mol. The standard InChI is InChI=1S/C18H20N2O2/c1-20(2)15-7-5-6-13(10-15)18(21)19-11-14-12-22-17-9-4-3-8-16(14)17/h3-10,14H,11-12H2,1-2H3,(H,19,21)/t14-/m0/s1. The summed E-state index contributed by atoms with van der Waals surface area (Å²) < 4.78 is 5.64. The van der Waals surface area contributed by atoms with E-state index in [2.05, 4.69) is 11.4 Å². The van der Waals surface area contributed by atoms with Crippen LogP contribution in [0.5, 0.6) is 5.75 Å². The minimum atomic E-state index is -0.0481. The van der Waals surface area contributed by atoms with Gasteiger partial charge in [-0.05, 0) is 24.3 Å². The van der Waals surface area contributed by atoms with Crippen LogP contribution in [-0.2, 0) is 0 Å². The number of carbonyl (C=O) groups excluding carboxylic acids is 1. The highest BCUT2D eigenvalue weighted by Crippen LogP contribution is 2.32. The van der Waals surface area contributed by atoms with Gasteiger partial charge in [0.1, 0.15) is 5.75 Å². The number of ether oxygens (including phenoxy) is 1. The van der Waals surface area contributed by atoms with E-state index in [1.807, 2.05) is 61.5 Å². The smallest absolute Gasteiger partial charge is 0.251 e. The van der Waals surface area contributed by atoms with Gasteiger partial charge >= 0.3 is 0 Å². The van der Waals surface area contributed by atoms with Gasteiger partial charge in [0.2, 0.25) is 0 Å². The van der Waals surface area contributed by atoms with E-state index in [0.717, 1.165) is 11.4 Å². The summed E-state index contributed by atoms with van der Waals surface area (Å²) in [5.74, 6) is 1.10. The van der Waals surface area contributed by atoms with Crippen LogP contribution in [0.1, 0.15) is 21.8 Å². The zero-order valence-corrected chi connectivity index (χ0v) is 12.9. The molecular formula is C18H20N2O2. The molecule has 0 bridgehead atoms. The Morgan fingerprint density at radius 2 is 2.05 bits per heavy atom. The maximum atomic E-state index is 12.3. The summed E-state index contributed by atoms with van der Waals surface area (Å²) in [4.78, 5) is 14.3. The van der Waals surface area contributed by atoms with Crippen molar-refractivity contribution in [2.45, 2.75) is 5.92 Å². The fraction of sp³-hybridized carbons (Fsp3) is 0.278. The molecule has 1 amide bonds. The van der Waals surface area contributed by atoms with Gasteiger partial charge in [-0.25, -0.2) is 0 Å². The number of hydrogen-bond acceptors (Lipinski definition) is 3. The van der Waals surface area contributed by atoms with Gasteiger partial charge in [0.15, 0.2) is 0 Å². The van der Waals surface area contributed by atoms with Crippen LogP contribution >= 0.6 is 0 Å². The van der Waals surface area contributed by atoms with Crippen molar-refractivity contribution in [1.82, 2.24) is 5.32 Å². The van der Waals surface area contributed by atoms with E-state index >= 15 is 0 Å². The average molecular weight is 296 g/mol. The number of para-hydroxylation sites is 1. The molecule has 0 unspecified atom stereocenters. The third-order valence-electron chi connectivity index (χ3n) is 3.93. The summed E-state index contributed by atoms with van der Waals surface area (Å²) >= 11 is 0. The van der Waals surface area contributed by atoms with E-state index in [1.165, 1.54) is 5.56 Å². The molecule has 0 spiro atoms. The Balaban J connectivity index is 1.65. The van der Waals surface area contributed by atoms with E-state index in [-0.39, 0.29) is 11.8 Å². The summed E-state index contributed by atoms with van der Waals surface area (Å²) in [6, 6.07) is 15.6. The first kappa shape index (κ1) is 14.4. The van der Waals surface area contributed by atoms with E-state index < -0.39 is 0 Å². The molecule has 4 nitrogen and oxygen atoms in total. The van der Waals surface area contributed by atoms with Gasteiger partial charge in [-0.2, -0.15) is 0 Å². The van der Waals surface area contributed by atoms with E-state index in [9.17, 15) is 4.79 Å². The average Bonchev–Trinajstić information content (AvgIpc) is 2.96. The molecule has 3 rings (SSSR count). The number of nitrogens with zero attached hydrogens (tertiary/aromatic N) is 1. The Kier molecular flexibility index (Phi) is 4.00. The first-order chi connectivity index (χ1) is 10.6. The molecular weight excluding hydrogens is 276 g/mol.